The molecule has 3 aromatic rings. The van der Waals surface area contributed by atoms with Crippen LogP contribution in [0.4, 0.5) is 10.3 Å². The Hall–Kier alpha value is -2.78. The van der Waals surface area contributed by atoms with Gasteiger partial charge in [0.15, 0.2) is 10.3 Å². The Morgan fingerprint density at radius 1 is 1.03 bits per heavy atom. The van der Waals surface area contributed by atoms with Gasteiger partial charge in [0.1, 0.15) is 35.4 Å². The molecule has 0 aliphatic carbocycles. The van der Waals surface area contributed by atoms with Crippen LogP contribution in [0.3, 0.4) is 0 Å². The summed E-state index contributed by atoms with van der Waals surface area (Å²) in [4.78, 5) is 34.6. The lowest BCUT2D eigenvalue weighted by atomic mass is 9.95. The highest BCUT2D eigenvalue weighted by molar-refractivity contribution is 7.21. The van der Waals surface area contributed by atoms with Gasteiger partial charge in [-0.25, -0.2) is 9.97 Å². The van der Waals surface area contributed by atoms with E-state index in [0.29, 0.717) is 31.3 Å². The van der Waals surface area contributed by atoms with Gasteiger partial charge in [0.2, 0.25) is 5.78 Å². The molecule has 1 aliphatic rings. The van der Waals surface area contributed by atoms with Crippen LogP contribution in [0.1, 0.15) is 30.6 Å². The first-order valence-corrected chi connectivity index (χ1v) is 12.3. The second kappa shape index (κ2) is 10.9. The first kappa shape index (κ1) is 25.3. The summed E-state index contributed by atoms with van der Waals surface area (Å²) in [7, 11) is 0. The third-order valence-corrected chi connectivity index (χ3v) is 7.46. The van der Waals surface area contributed by atoms with Crippen molar-refractivity contribution in [3.8, 4) is 0 Å². The molecule has 1 aliphatic heterocycles. The Labute approximate surface area is 208 Å². The summed E-state index contributed by atoms with van der Waals surface area (Å²) < 4.78 is 5.45. The van der Waals surface area contributed by atoms with Gasteiger partial charge in [-0.2, -0.15) is 0 Å². The molecule has 0 spiro atoms. The molecule has 1 aromatic carbocycles. The number of rotatable bonds is 8. The van der Waals surface area contributed by atoms with Crippen LogP contribution >= 0.6 is 22.7 Å². The van der Waals surface area contributed by atoms with Crippen molar-refractivity contribution in [2.75, 3.05) is 23.8 Å². The summed E-state index contributed by atoms with van der Waals surface area (Å²) in [6.45, 7) is 1.19. The molecule has 1 fully saturated rings. The van der Waals surface area contributed by atoms with Crippen molar-refractivity contribution in [1.82, 2.24) is 9.97 Å². The van der Waals surface area contributed by atoms with Crippen molar-refractivity contribution in [2.45, 2.75) is 37.4 Å². The van der Waals surface area contributed by atoms with E-state index in [9.17, 15) is 30.0 Å². The molecule has 2 aromatic heterocycles. The van der Waals surface area contributed by atoms with Crippen LogP contribution in [0.25, 0.3) is 0 Å². The molecule has 0 radical (unpaired) electrons. The molecular formula is C22H24N4O7S2. The number of aryl methyl sites for hydroxylation is 1. The third-order valence-electron chi connectivity index (χ3n) is 5.43. The highest BCUT2D eigenvalue weighted by atomic mass is 32.1. The second-order valence-electron chi connectivity index (χ2n) is 7.86. The first-order valence-electron chi connectivity index (χ1n) is 10.7. The van der Waals surface area contributed by atoms with E-state index in [1.165, 1.54) is 6.20 Å². The Bertz CT molecular complexity index is 1180. The van der Waals surface area contributed by atoms with Crippen LogP contribution in [0, 0.1) is 6.92 Å². The van der Waals surface area contributed by atoms with Crippen LogP contribution in [0.15, 0.2) is 36.5 Å². The van der Waals surface area contributed by atoms with E-state index in [1.54, 1.807) is 31.2 Å². The Kier molecular flexibility index (Phi) is 7.86. The van der Waals surface area contributed by atoms with Gasteiger partial charge < -0.3 is 30.5 Å². The SMILES string of the molecule is Cc1nc(NC(=O)c2ccccc2)sc1C(=O)c1cnc(NCC2OC(CO)C(O)C(O)C2O)s1. The number of anilines is 2. The second-order valence-corrected chi connectivity index (χ2v) is 9.89. The maximum atomic E-state index is 13.0. The Morgan fingerprint density at radius 3 is 2.46 bits per heavy atom. The number of benzene rings is 1. The van der Waals surface area contributed by atoms with Gasteiger partial charge in [0.05, 0.1) is 23.4 Å². The highest BCUT2D eigenvalue weighted by Crippen LogP contribution is 2.29. The third kappa shape index (κ3) is 5.56. The van der Waals surface area contributed by atoms with Crippen molar-refractivity contribution in [1.29, 1.82) is 0 Å². The predicted octanol–water partition coefficient (Wildman–Crippen LogP) is 0.646. The number of amides is 1. The fourth-order valence-electron chi connectivity index (χ4n) is 3.53. The molecule has 0 saturated carbocycles. The number of nitrogens with zero attached hydrogens (tertiary/aromatic N) is 2. The predicted molar refractivity (Wildman–Crippen MR) is 129 cm³/mol. The van der Waals surface area contributed by atoms with E-state index in [4.69, 9.17) is 4.74 Å². The number of aliphatic hydroxyl groups excluding tert-OH is 4. The minimum Gasteiger partial charge on any atom is -0.394 e. The van der Waals surface area contributed by atoms with Crippen LogP contribution < -0.4 is 10.6 Å². The van der Waals surface area contributed by atoms with E-state index in [-0.39, 0.29) is 18.2 Å². The summed E-state index contributed by atoms with van der Waals surface area (Å²) in [5.74, 6) is -0.616. The summed E-state index contributed by atoms with van der Waals surface area (Å²) >= 11 is 2.16. The standard InChI is InChI=1S/C22H24N4O7S2/c1-10-19(35-22(25-10)26-20(32)11-5-3-2-4-6-11)17(30)14-8-24-21(34-14)23-7-12-15(28)18(31)16(29)13(9-27)33-12/h2-6,8,12-13,15-16,18,27-29,31H,7,9H2,1H3,(H,23,24)(H,25,26,32). The van der Waals surface area contributed by atoms with E-state index in [1.807, 2.05) is 6.07 Å². The van der Waals surface area contributed by atoms with Crippen molar-refractivity contribution in [3.05, 3.63) is 57.5 Å². The fraction of sp³-hybridized carbons (Fsp3) is 0.364. The number of ketones is 1. The lowest BCUT2D eigenvalue weighted by Gasteiger charge is -2.40. The minimum atomic E-state index is -1.47. The molecule has 35 heavy (non-hydrogen) atoms. The molecule has 1 saturated heterocycles. The van der Waals surface area contributed by atoms with E-state index >= 15 is 0 Å². The van der Waals surface area contributed by atoms with Crippen molar-refractivity contribution < 1.29 is 34.8 Å². The first-order chi connectivity index (χ1) is 16.8. The highest BCUT2D eigenvalue weighted by Gasteiger charge is 2.43. The number of thiazole rings is 2. The van der Waals surface area contributed by atoms with E-state index < -0.39 is 37.1 Å². The smallest absolute Gasteiger partial charge is 0.257 e. The number of aromatic nitrogens is 2. The lowest BCUT2D eigenvalue weighted by molar-refractivity contribution is -0.225. The molecule has 11 nitrogen and oxygen atoms in total. The molecule has 4 rings (SSSR count). The molecule has 0 bridgehead atoms. The summed E-state index contributed by atoms with van der Waals surface area (Å²) in [6, 6.07) is 8.67. The minimum absolute atomic E-state index is 0.0256. The van der Waals surface area contributed by atoms with Crippen LogP contribution in [0.2, 0.25) is 0 Å². The van der Waals surface area contributed by atoms with E-state index in [2.05, 4.69) is 20.6 Å². The molecule has 186 valence electrons. The number of carbonyl (C=O) groups is 2. The average molecular weight is 521 g/mol. The van der Waals surface area contributed by atoms with Crippen molar-refractivity contribution >= 4 is 44.6 Å². The number of nitrogens with one attached hydrogen (secondary N) is 2. The van der Waals surface area contributed by atoms with Gasteiger partial charge in [0, 0.05) is 12.1 Å². The van der Waals surface area contributed by atoms with Gasteiger partial charge in [-0.05, 0) is 19.1 Å². The van der Waals surface area contributed by atoms with Gasteiger partial charge in [-0.1, -0.05) is 40.9 Å². The summed E-state index contributed by atoms with van der Waals surface area (Å²) in [5, 5.41) is 45.6. The molecule has 5 unspecified atom stereocenters. The molecule has 5 atom stereocenters. The van der Waals surface area contributed by atoms with Crippen LogP contribution in [0.5, 0.6) is 0 Å². The number of aliphatic hydroxyl groups is 4. The summed E-state index contributed by atoms with van der Waals surface area (Å²) in [6.07, 6.45) is -4.77. The topological polar surface area (TPSA) is 174 Å². The van der Waals surface area contributed by atoms with E-state index in [0.717, 1.165) is 22.7 Å². The Morgan fingerprint density at radius 2 is 1.74 bits per heavy atom. The maximum Gasteiger partial charge on any atom is 0.257 e. The van der Waals surface area contributed by atoms with Crippen molar-refractivity contribution in [2.24, 2.45) is 0 Å². The van der Waals surface area contributed by atoms with Gasteiger partial charge >= 0.3 is 0 Å². The van der Waals surface area contributed by atoms with Crippen LogP contribution in [-0.4, -0.2) is 85.8 Å². The Balaban J connectivity index is 1.39. The summed E-state index contributed by atoms with van der Waals surface area (Å²) in [5.41, 5.74) is 0.957. The fourth-order valence-corrected chi connectivity index (χ4v) is 5.28. The number of hydrogen-bond donors (Lipinski definition) is 6. The zero-order chi connectivity index (χ0) is 25.1. The van der Waals surface area contributed by atoms with Gasteiger partial charge in [-0.3, -0.25) is 14.9 Å². The largest absolute Gasteiger partial charge is 0.394 e. The molecule has 13 heteroatoms. The monoisotopic (exact) mass is 520 g/mol. The number of carbonyl (C=O) groups excluding carboxylic acids is 2. The quantitative estimate of drug-likeness (QED) is 0.231. The van der Waals surface area contributed by atoms with Gasteiger partial charge in [-0.15, -0.1) is 0 Å². The zero-order valence-electron chi connectivity index (χ0n) is 18.5. The number of hydrogen-bond acceptors (Lipinski definition) is 12. The molecule has 1 amide bonds. The zero-order valence-corrected chi connectivity index (χ0v) is 20.1. The molecule has 3 heterocycles. The number of ether oxygens (including phenoxy) is 1. The molecule has 6 N–H and O–H groups in total. The van der Waals surface area contributed by atoms with Crippen molar-refractivity contribution in [3.63, 3.8) is 0 Å². The molecular weight excluding hydrogens is 496 g/mol. The van der Waals surface area contributed by atoms with Crippen LogP contribution in [-0.2, 0) is 4.74 Å². The van der Waals surface area contributed by atoms with Gasteiger partial charge in [0.25, 0.3) is 5.91 Å². The normalized spacial score (nSPS) is 24.2. The average Bonchev–Trinajstić information content (AvgIpc) is 3.48. The maximum absolute atomic E-state index is 13.0. The lowest BCUT2D eigenvalue weighted by Crippen LogP contribution is -2.60.